The number of hydrogen-bond acceptors (Lipinski definition) is 6. The Hall–Kier alpha value is -3.12. The Morgan fingerprint density at radius 2 is 2.04 bits per heavy atom. The van der Waals surface area contributed by atoms with Gasteiger partial charge in [0.25, 0.3) is 5.89 Å². The number of esters is 1. The average Bonchev–Trinajstić information content (AvgIpc) is 3.15. The molecule has 0 fully saturated rings. The van der Waals surface area contributed by atoms with Crippen molar-refractivity contribution in [1.82, 2.24) is 10.1 Å². The first-order chi connectivity index (χ1) is 13.1. The molecule has 2 heterocycles. The summed E-state index contributed by atoms with van der Waals surface area (Å²) in [5, 5.41) is 4.42. The fraction of sp³-hybridized carbons (Fsp3) is 0.150. The molecule has 3 aromatic rings. The molecule has 0 amide bonds. The Balaban J connectivity index is 1.42. The van der Waals surface area contributed by atoms with Crippen LogP contribution in [-0.4, -0.2) is 22.7 Å². The minimum Gasteiger partial charge on any atom is -0.488 e. The van der Waals surface area contributed by atoms with E-state index in [0.717, 1.165) is 16.7 Å². The van der Waals surface area contributed by atoms with Gasteiger partial charge in [-0.15, -0.1) is 0 Å². The van der Waals surface area contributed by atoms with Crippen molar-refractivity contribution in [3.8, 4) is 17.2 Å². The van der Waals surface area contributed by atoms with Gasteiger partial charge in [-0.05, 0) is 43.3 Å². The van der Waals surface area contributed by atoms with E-state index in [4.69, 9.17) is 25.6 Å². The highest BCUT2D eigenvalue weighted by atomic mass is 35.5. The number of ether oxygens (including phenoxy) is 2. The van der Waals surface area contributed by atoms with Gasteiger partial charge in [-0.25, -0.2) is 4.79 Å². The lowest BCUT2D eigenvalue weighted by atomic mass is 10.1. The van der Waals surface area contributed by atoms with E-state index in [1.54, 1.807) is 24.3 Å². The molecule has 0 aliphatic carbocycles. The van der Waals surface area contributed by atoms with Gasteiger partial charge in [0.2, 0.25) is 5.82 Å². The molecular formula is C20H15ClN2O4. The maximum absolute atomic E-state index is 12.3. The topological polar surface area (TPSA) is 74.5 Å². The van der Waals surface area contributed by atoms with Gasteiger partial charge in [-0.2, -0.15) is 4.98 Å². The van der Waals surface area contributed by atoms with Crippen LogP contribution < -0.4 is 4.74 Å². The smallest absolute Gasteiger partial charge is 0.337 e. The third-order valence-corrected chi connectivity index (χ3v) is 4.28. The molecule has 0 N–H and O–H groups in total. The van der Waals surface area contributed by atoms with Crippen LogP contribution in [0.3, 0.4) is 0 Å². The highest BCUT2D eigenvalue weighted by Gasteiger charge is 2.20. The van der Waals surface area contributed by atoms with Gasteiger partial charge in [-0.1, -0.05) is 34.5 Å². The molecule has 4 rings (SSSR count). The number of carbonyl (C=O) groups excluding carboxylic acids is 1. The van der Waals surface area contributed by atoms with Crippen molar-refractivity contribution in [3.63, 3.8) is 0 Å². The number of aromatic nitrogens is 2. The summed E-state index contributed by atoms with van der Waals surface area (Å²) < 4.78 is 16.1. The van der Waals surface area contributed by atoms with Gasteiger partial charge >= 0.3 is 5.97 Å². The maximum Gasteiger partial charge on any atom is 0.337 e. The molecule has 2 aromatic carbocycles. The lowest BCUT2D eigenvalue weighted by Gasteiger charge is -2.17. The second kappa shape index (κ2) is 7.25. The van der Waals surface area contributed by atoms with Gasteiger partial charge in [0.1, 0.15) is 12.4 Å². The summed E-state index contributed by atoms with van der Waals surface area (Å²) >= 11 is 5.98. The van der Waals surface area contributed by atoms with Crippen molar-refractivity contribution in [2.75, 3.05) is 6.61 Å². The molecule has 0 unspecified atom stereocenters. The predicted octanol–water partition coefficient (Wildman–Crippen LogP) is 4.22. The Bertz CT molecular complexity index is 1020. The van der Waals surface area contributed by atoms with E-state index < -0.39 is 5.97 Å². The molecule has 136 valence electrons. The average molecular weight is 383 g/mol. The number of rotatable bonds is 4. The number of benzene rings is 2. The fourth-order valence-corrected chi connectivity index (χ4v) is 2.80. The van der Waals surface area contributed by atoms with Gasteiger partial charge in [-0.3, -0.25) is 0 Å². The minimum atomic E-state index is -0.498. The van der Waals surface area contributed by atoms with Crippen LogP contribution in [0.5, 0.6) is 5.75 Å². The van der Waals surface area contributed by atoms with E-state index in [-0.39, 0.29) is 13.2 Å². The zero-order valence-corrected chi connectivity index (χ0v) is 15.2. The molecule has 6 nitrogen and oxygen atoms in total. The fourth-order valence-electron chi connectivity index (χ4n) is 2.62. The first-order valence-corrected chi connectivity index (χ1v) is 8.66. The van der Waals surface area contributed by atoms with Crippen LogP contribution >= 0.6 is 11.6 Å². The second-order valence-electron chi connectivity index (χ2n) is 6.10. The molecule has 0 saturated carbocycles. The number of fused-ring (bicyclic) bond motifs is 1. The molecule has 1 aliphatic rings. The van der Waals surface area contributed by atoms with E-state index in [9.17, 15) is 4.79 Å². The third-order valence-electron chi connectivity index (χ3n) is 4.05. The van der Waals surface area contributed by atoms with Crippen molar-refractivity contribution in [1.29, 1.82) is 0 Å². The van der Waals surface area contributed by atoms with Crippen LogP contribution in [0.2, 0.25) is 5.02 Å². The Morgan fingerprint density at radius 3 is 2.85 bits per heavy atom. The molecule has 1 aliphatic heterocycles. The minimum absolute atomic E-state index is 0.0893. The van der Waals surface area contributed by atoms with E-state index in [2.05, 4.69) is 10.1 Å². The van der Waals surface area contributed by atoms with Gasteiger partial charge in [0.05, 0.1) is 5.57 Å². The summed E-state index contributed by atoms with van der Waals surface area (Å²) in [5.74, 6) is 0.851. The molecule has 7 heteroatoms. The zero-order valence-electron chi connectivity index (χ0n) is 14.4. The molecule has 27 heavy (non-hydrogen) atoms. The highest BCUT2D eigenvalue weighted by Crippen LogP contribution is 2.29. The number of halogens is 1. The molecule has 0 bridgehead atoms. The summed E-state index contributed by atoms with van der Waals surface area (Å²) in [7, 11) is 0. The Labute approximate surface area is 160 Å². The summed E-state index contributed by atoms with van der Waals surface area (Å²) in [6, 6.07) is 12.9. The number of carbonyl (C=O) groups is 1. The Morgan fingerprint density at radius 1 is 1.22 bits per heavy atom. The van der Waals surface area contributed by atoms with E-state index in [1.807, 2.05) is 31.2 Å². The quantitative estimate of drug-likeness (QED) is 0.629. The van der Waals surface area contributed by atoms with Crippen molar-refractivity contribution in [2.24, 2.45) is 0 Å². The summed E-state index contributed by atoms with van der Waals surface area (Å²) in [5.41, 5.74) is 3.08. The molecule has 0 saturated heterocycles. The number of nitrogens with zero attached hydrogens (tertiary/aromatic N) is 2. The Kier molecular flexibility index (Phi) is 4.64. The van der Waals surface area contributed by atoms with Crippen molar-refractivity contribution in [3.05, 3.63) is 70.0 Å². The van der Waals surface area contributed by atoms with Crippen LogP contribution in [0.1, 0.15) is 17.0 Å². The van der Waals surface area contributed by atoms with Crippen LogP contribution in [0.15, 0.2) is 52.6 Å². The van der Waals surface area contributed by atoms with Gasteiger partial charge < -0.3 is 14.0 Å². The van der Waals surface area contributed by atoms with Crippen molar-refractivity contribution in [2.45, 2.75) is 13.5 Å². The normalized spacial score (nSPS) is 12.7. The SMILES string of the molecule is Cc1ccc(-c2nc(COC(=O)C3=Cc4cc(Cl)ccc4OC3)no2)cc1. The zero-order chi connectivity index (χ0) is 18.8. The lowest BCUT2D eigenvalue weighted by molar-refractivity contribution is -0.140. The van der Waals surface area contributed by atoms with Crippen LogP contribution in [0.25, 0.3) is 17.5 Å². The molecule has 0 atom stereocenters. The lowest BCUT2D eigenvalue weighted by Crippen LogP contribution is -2.17. The van der Waals surface area contributed by atoms with Crippen LogP contribution in [0.4, 0.5) is 0 Å². The van der Waals surface area contributed by atoms with E-state index in [0.29, 0.717) is 28.1 Å². The second-order valence-corrected chi connectivity index (χ2v) is 6.53. The largest absolute Gasteiger partial charge is 0.488 e. The van der Waals surface area contributed by atoms with Gasteiger partial charge in [0.15, 0.2) is 6.61 Å². The molecule has 1 aromatic heterocycles. The molecular weight excluding hydrogens is 368 g/mol. The monoisotopic (exact) mass is 382 g/mol. The third kappa shape index (κ3) is 3.85. The number of hydrogen-bond donors (Lipinski definition) is 0. The van der Waals surface area contributed by atoms with Crippen LogP contribution in [0, 0.1) is 6.92 Å². The molecule has 0 radical (unpaired) electrons. The van der Waals surface area contributed by atoms with E-state index >= 15 is 0 Å². The summed E-state index contributed by atoms with van der Waals surface area (Å²) in [4.78, 5) is 16.5. The molecule has 0 spiro atoms. The standard InChI is InChI=1S/C20H15ClN2O4/c1-12-2-4-13(5-3-12)19-22-18(23-27-19)11-26-20(24)15-8-14-9-16(21)6-7-17(14)25-10-15/h2-9H,10-11H2,1H3. The van der Waals surface area contributed by atoms with E-state index in [1.165, 1.54) is 0 Å². The van der Waals surface area contributed by atoms with Crippen molar-refractivity contribution < 1.29 is 18.8 Å². The van der Waals surface area contributed by atoms with Gasteiger partial charge in [0, 0.05) is 16.1 Å². The maximum atomic E-state index is 12.3. The first-order valence-electron chi connectivity index (χ1n) is 8.28. The summed E-state index contributed by atoms with van der Waals surface area (Å²) in [6.45, 7) is 2.04. The van der Waals surface area contributed by atoms with Crippen LogP contribution in [-0.2, 0) is 16.1 Å². The summed E-state index contributed by atoms with van der Waals surface area (Å²) in [6.07, 6.45) is 1.71. The van der Waals surface area contributed by atoms with Crippen molar-refractivity contribution >= 4 is 23.6 Å². The predicted molar refractivity (Wildman–Crippen MR) is 99.2 cm³/mol. The first kappa shape index (κ1) is 17.3. The highest BCUT2D eigenvalue weighted by molar-refractivity contribution is 6.30. The number of aryl methyl sites for hydroxylation is 1.